The van der Waals surface area contributed by atoms with Crippen molar-refractivity contribution in [2.24, 2.45) is 11.8 Å². The molecular formula is C17H23N5O2S. The molecular weight excluding hydrogens is 338 g/mol. The fourth-order valence-electron chi connectivity index (χ4n) is 3.19. The lowest BCUT2D eigenvalue weighted by Crippen LogP contribution is -2.44. The van der Waals surface area contributed by atoms with Gasteiger partial charge in [0.05, 0.1) is 11.4 Å². The zero-order valence-corrected chi connectivity index (χ0v) is 15.2. The van der Waals surface area contributed by atoms with Crippen molar-refractivity contribution in [2.45, 2.75) is 44.3 Å². The van der Waals surface area contributed by atoms with Crippen LogP contribution in [-0.4, -0.2) is 43.0 Å². The standard InChI is InChI=1S/C17H23N5O2S/c1-11-4-3-5-15(12(11)2)18-16(24)10-25-17-19-20-21-22(17)13-6-8-14(23)9-7-13/h6-9,11-12,15,23H,3-5,10H2,1-2H3,(H,18,24)/t11-,12+,15-/m0/s1. The highest BCUT2D eigenvalue weighted by Gasteiger charge is 2.28. The van der Waals surface area contributed by atoms with E-state index in [1.54, 1.807) is 28.9 Å². The molecule has 25 heavy (non-hydrogen) atoms. The van der Waals surface area contributed by atoms with E-state index in [1.807, 2.05) is 0 Å². The number of amides is 1. The number of carbonyl (C=O) groups is 1. The van der Waals surface area contributed by atoms with Gasteiger partial charge in [-0.2, -0.15) is 4.68 Å². The van der Waals surface area contributed by atoms with E-state index < -0.39 is 0 Å². The number of aromatic nitrogens is 4. The van der Waals surface area contributed by atoms with Crippen LogP contribution in [0.2, 0.25) is 0 Å². The molecule has 2 N–H and O–H groups in total. The summed E-state index contributed by atoms with van der Waals surface area (Å²) in [6, 6.07) is 6.85. The Morgan fingerprint density at radius 1 is 1.32 bits per heavy atom. The first kappa shape index (κ1) is 17.7. The minimum absolute atomic E-state index is 0.0104. The molecule has 0 aliphatic heterocycles. The van der Waals surface area contributed by atoms with Crippen LogP contribution in [0.15, 0.2) is 29.4 Å². The molecule has 1 aliphatic carbocycles. The van der Waals surface area contributed by atoms with Gasteiger partial charge in [-0.1, -0.05) is 38.5 Å². The number of nitrogens with zero attached hydrogens (tertiary/aromatic N) is 4. The van der Waals surface area contributed by atoms with Crippen molar-refractivity contribution in [3.8, 4) is 11.4 Å². The number of carbonyl (C=O) groups excluding carboxylic acids is 1. The predicted molar refractivity (Wildman–Crippen MR) is 95.7 cm³/mol. The third-order valence-electron chi connectivity index (χ3n) is 4.92. The van der Waals surface area contributed by atoms with Crippen molar-refractivity contribution < 1.29 is 9.90 Å². The van der Waals surface area contributed by atoms with E-state index in [2.05, 4.69) is 34.7 Å². The molecule has 1 aliphatic rings. The predicted octanol–water partition coefficient (Wildman–Crippen LogP) is 2.40. The number of hydrogen-bond acceptors (Lipinski definition) is 6. The van der Waals surface area contributed by atoms with Gasteiger partial charge >= 0.3 is 0 Å². The molecule has 2 aromatic rings. The van der Waals surface area contributed by atoms with Crippen LogP contribution >= 0.6 is 11.8 Å². The van der Waals surface area contributed by atoms with Crippen molar-refractivity contribution in [2.75, 3.05) is 5.75 Å². The van der Waals surface area contributed by atoms with Crippen LogP contribution in [0.3, 0.4) is 0 Å². The Labute approximate surface area is 151 Å². The Hall–Kier alpha value is -2.09. The molecule has 0 bridgehead atoms. The molecule has 0 radical (unpaired) electrons. The van der Waals surface area contributed by atoms with Gasteiger partial charge in [0.15, 0.2) is 0 Å². The molecule has 0 unspecified atom stereocenters. The van der Waals surface area contributed by atoms with Crippen LogP contribution in [-0.2, 0) is 4.79 Å². The molecule has 1 amide bonds. The smallest absolute Gasteiger partial charge is 0.230 e. The Bertz CT molecular complexity index is 718. The molecule has 1 fully saturated rings. The summed E-state index contributed by atoms with van der Waals surface area (Å²) >= 11 is 1.30. The first-order valence-electron chi connectivity index (χ1n) is 8.54. The Morgan fingerprint density at radius 3 is 2.84 bits per heavy atom. The second kappa shape index (κ2) is 7.86. The van der Waals surface area contributed by atoms with Crippen LogP contribution in [0.1, 0.15) is 33.1 Å². The number of phenols is 1. The van der Waals surface area contributed by atoms with E-state index in [0.29, 0.717) is 17.0 Å². The molecule has 3 rings (SSSR count). The largest absolute Gasteiger partial charge is 0.508 e. The SMILES string of the molecule is C[C@H]1[C@@H](NC(=O)CSc2nnnn2-c2ccc(O)cc2)CCC[C@@H]1C. The number of hydrogen-bond donors (Lipinski definition) is 2. The van der Waals surface area contributed by atoms with Gasteiger partial charge in [0.1, 0.15) is 5.75 Å². The number of thioether (sulfide) groups is 1. The Kier molecular flexibility index (Phi) is 5.57. The maximum Gasteiger partial charge on any atom is 0.230 e. The van der Waals surface area contributed by atoms with Gasteiger partial charge in [0.2, 0.25) is 11.1 Å². The van der Waals surface area contributed by atoms with Gasteiger partial charge < -0.3 is 10.4 Å². The lowest BCUT2D eigenvalue weighted by atomic mass is 9.78. The van der Waals surface area contributed by atoms with E-state index in [1.165, 1.54) is 24.6 Å². The zero-order valence-electron chi connectivity index (χ0n) is 14.4. The van der Waals surface area contributed by atoms with E-state index >= 15 is 0 Å². The topological polar surface area (TPSA) is 92.9 Å². The average molecular weight is 361 g/mol. The van der Waals surface area contributed by atoms with E-state index in [-0.39, 0.29) is 23.5 Å². The lowest BCUT2D eigenvalue weighted by Gasteiger charge is -2.34. The third kappa shape index (κ3) is 4.31. The Balaban J connectivity index is 1.58. The summed E-state index contributed by atoms with van der Waals surface area (Å²) in [7, 11) is 0. The van der Waals surface area contributed by atoms with Gasteiger partial charge in [0.25, 0.3) is 0 Å². The number of rotatable bonds is 5. The number of aromatic hydroxyl groups is 1. The van der Waals surface area contributed by atoms with Gasteiger partial charge in [-0.25, -0.2) is 0 Å². The van der Waals surface area contributed by atoms with Gasteiger partial charge in [-0.3, -0.25) is 4.79 Å². The van der Waals surface area contributed by atoms with E-state index in [9.17, 15) is 9.90 Å². The van der Waals surface area contributed by atoms with Crippen LogP contribution in [0, 0.1) is 11.8 Å². The molecule has 1 aromatic carbocycles. The van der Waals surface area contributed by atoms with E-state index in [0.717, 1.165) is 12.1 Å². The number of phenolic OH excluding ortho intramolecular Hbond substituents is 1. The second-order valence-corrected chi connectivity index (χ2v) is 7.56. The van der Waals surface area contributed by atoms with Crippen LogP contribution < -0.4 is 5.32 Å². The minimum Gasteiger partial charge on any atom is -0.508 e. The van der Waals surface area contributed by atoms with Crippen LogP contribution in [0.4, 0.5) is 0 Å². The van der Waals surface area contributed by atoms with Gasteiger partial charge in [0, 0.05) is 6.04 Å². The van der Waals surface area contributed by atoms with Crippen LogP contribution in [0.25, 0.3) is 5.69 Å². The first-order valence-corrected chi connectivity index (χ1v) is 9.53. The molecule has 8 heteroatoms. The highest BCUT2D eigenvalue weighted by molar-refractivity contribution is 7.99. The molecule has 1 heterocycles. The molecule has 3 atom stereocenters. The van der Waals surface area contributed by atoms with Gasteiger partial charge in [-0.05, 0) is 52.9 Å². The highest BCUT2D eigenvalue weighted by Crippen LogP contribution is 2.29. The highest BCUT2D eigenvalue weighted by atomic mass is 32.2. The Morgan fingerprint density at radius 2 is 2.08 bits per heavy atom. The molecule has 0 spiro atoms. The normalized spacial score (nSPS) is 23.4. The van der Waals surface area contributed by atoms with Crippen molar-refractivity contribution in [3.63, 3.8) is 0 Å². The summed E-state index contributed by atoms with van der Waals surface area (Å²) in [4.78, 5) is 12.3. The lowest BCUT2D eigenvalue weighted by molar-refractivity contribution is -0.120. The number of tetrazole rings is 1. The fraction of sp³-hybridized carbons (Fsp3) is 0.529. The summed E-state index contributed by atoms with van der Waals surface area (Å²) in [6.45, 7) is 4.47. The summed E-state index contributed by atoms with van der Waals surface area (Å²) in [5.41, 5.74) is 0.737. The number of benzene rings is 1. The molecule has 0 saturated heterocycles. The summed E-state index contributed by atoms with van der Waals surface area (Å²) in [5.74, 6) is 1.62. The third-order valence-corrected chi connectivity index (χ3v) is 5.84. The first-order chi connectivity index (χ1) is 12.0. The maximum absolute atomic E-state index is 12.3. The van der Waals surface area contributed by atoms with Crippen molar-refractivity contribution in [1.82, 2.24) is 25.5 Å². The minimum atomic E-state index is 0.0104. The quantitative estimate of drug-likeness (QED) is 0.795. The molecule has 1 aromatic heterocycles. The van der Waals surface area contributed by atoms with Crippen LogP contribution in [0.5, 0.6) is 5.75 Å². The molecule has 7 nitrogen and oxygen atoms in total. The van der Waals surface area contributed by atoms with Crippen molar-refractivity contribution >= 4 is 17.7 Å². The summed E-state index contributed by atoms with van der Waals surface area (Å²) in [6.07, 6.45) is 3.46. The van der Waals surface area contributed by atoms with Gasteiger partial charge in [-0.15, -0.1) is 5.10 Å². The number of nitrogens with one attached hydrogen (secondary N) is 1. The monoisotopic (exact) mass is 361 g/mol. The second-order valence-electron chi connectivity index (χ2n) is 6.62. The maximum atomic E-state index is 12.3. The van der Waals surface area contributed by atoms with Crippen molar-refractivity contribution in [3.05, 3.63) is 24.3 Å². The van der Waals surface area contributed by atoms with Crippen molar-refractivity contribution in [1.29, 1.82) is 0 Å². The summed E-state index contributed by atoms with van der Waals surface area (Å²) < 4.78 is 1.56. The summed E-state index contributed by atoms with van der Waals surface area (Å²) in [5, 5.41) is 24.7. The molecule has 1 saturated carbocycles. The molecule has 134 valence electrons. The average Bonchev–Trinajstić information content (AvgIpc) is 3.06. The van der Waals surface area contributed by atoms with E-state index in [4.69, 9.17) is 0 Å². The zero-order chi connectivity index (χ0) is 17.8. The fourth-order valence-corrected chi connectivity index (χ4v) is 3.89.